The van der Waals surface area contributed by atoms with Crippen molar-refractivity contribution in [3.05, 3.63) is 57.6 Å². The molecular formula is C30H35NO14S2. The summed E-state index contributed by atoms with van der Waals surface area (Å²) in [5, 5.41) is 37.4. The zero-order valence-corrected chi connectivity index (χ0v) is 27.5. The molecule has 0 aromatic heterocycles. The Morgan fingerprint density at radius 1 is 1.04 bits per heavy atom. The third-order valence-corrected chi connectivity index (χ3v) is 9.68. The third-order valence-electron chi connectivity index (χ3n) is 8.51. The molecule has 0 saturated carbocycles. The van der Waals surface area contributed by atoms with Crippen molar-refractivity contribution in [1.29, 1.82) is 0 Å². The lowest BCUT2D eigenvalue weighted by Crippen LogP contribution is -2.56. The molecule has 1 heterocycles. The monoisotopic (exact) mass is 699 g/mol. The summed E-state index contributed by atoms with van der Waals surface area (Å²) < 4.78 is 69.0. The van der Waals surface area contributed by atoms with Crippen molar-refractivity contribution in [2.24, 2.45) is 0 Å². The standard InChI is InChI=1S/C30H35NO14S2/c1-14-29(45-47(4,40)41)19(31-9-10-42-46(3,38)39)11-21(43-14)44-20-13-30(37,15(2)32)12-18-22(20)28(36)24-23(27(18)35)25(33)16-7-5-6-8-17(16)26(24)34/h5-8,14,19-21,29,31,35-37H,9-13H2,1-4H3/t14-,19-,20?,21-,29+,30-/m0/s1/i2+2. The number of Topliss-reactive ketones (excluding diaryl/α,β-unsaturated/α-hetero) is 1. The number of nitrogens with one attached hydrogen (secondary N) is 1. The van der Waals surface area contributed by atoms with Gasteiger partial charge in [-0.05, 0) is 13.8 Å². The Morgan fingerprint density at radius 2 is 1.64 bits per heavy atom. The Kier molecular flexibility index (Phi) is 9.41. The molecule has 0 amide bonds. The van der Waals surface area contributed by atoms with E-state index in [1.54, 1.807) is 12.1 Å². The van der Waals surface area contributed by atoms with Gasteiger partial charge in [0.2, 0.25) is 0 Å². The van der Waals surface area contributed by atoms with Gasteiger partial charge in [0.05, 0.1) is 42.5 Å². The molecule has 256 valence electrons. The number of fused-ring (bicyclic) bond motifs is 3. The molecule has 2 aliphatic carbocycles. The summed E-state index contributed by atoms with van der Waals surface area (Å²) in [5.74, 6) is -3.48. The summed E-state index contributed by atoms with van der Waals surface area (Å²) in [5.41, 5.74) is -3.27. The normalized spacial score (nSPS) is 27.6. The molecule has 5 rings (SSSR count). The number of carbonyl (C=O) groups excluding carboxylic acids is 3. The second-order valence-electron chi connectivity index (χ2n) is 12.0. The lowest BCUT2D eigenvalue weighted by Gasteiger charge is -2.43. The van der Waals surface area contributed by atoms with Gasteiger partial charge in [-0.25, -0.2) is 0 Å². The molecule has 2 aromatic carbocycles. The Bertz CT molecular complexity index is 1860. The van der Waals surface area contributed by atoms with Crippen LogP contribution in [0.2, 0.25) is 0 Å². The lowest BCUT2D eigenvalue weighted by molar-refractivity contribution is -0.246. The summed E-state index contributed by atoms with van der Waals surface area (Å²) >= 11 is 0. The highest BCUT2D eigenvalue weighted by Crippen LogP contribution is 2.52. The molecule has 15 nitrogen and oxygen atoms in total. The van der Waals surface area contributed by atoms with Crippen molar-refractivity contribution in [3.8, 4) is 11.5 Å². The molecule has 1 unspecified atom stereocenters. The third kappa shape index (κ3) is 6.98. The molecule has 2 aromatic rings. The summed E-state index contributed by atoms with van der Waals surface area (Å²) in [7, 11) is -7.73. The molecular weight excluding hydrogens is 664 g/mol. The van der Waals surface area contributed by atoms with Crippen LogP contribution in [0.3, 0.4) is 0 Å². The maximum atomic E-state index is 13.6. The Hall–Kier alpha value is -3.29. The Balaban J connectivity index is 1.52. The fraction of sp³-hybridized carbons (Fsp3) is 0.500. The van der Waals surface area contributed by atoms with Crippen LogP contribution in [-0.2, 0) is 49.3 Å². The molecule has 1 saturated heterocycles. The van der Waals surface area contributed by atoms with Crippen LogP contribution in [-0.4, -0.2) is 105 Å². The number of hydrogen-bond donors (Lipinski definition) is 4. The fourth-order valence-electron chi connectivity index (χ4n) is 6.36. The molecule has 0 bridgehead atoms. The molecule has 0 radical (unpaired) electrons. The summed E-state index contributed by atoms with van der Waals surface area (Å²) in [6.45, 7) is 2.31. The number of hydrogen-bond acceptors (Lipinski definition) is 15. The minimum absolute atomic E-state index is 0.0148. The second kappa shape index (κ2) is 12.6. The van der Waals surface area contributed by atoms with Crippen LogP contribution < -0.4 is 5.32 Å². The predicted molar refractivity (Wildman–Crippen MR) is 162 cm³/mol. The van der Waals surface area contributed by atoms with Gasteiger partial charge in [-0.2, -0.15) is 16.8 Å². The fourth-order valence-corrected chi connectivity index (χ4v) is 7.44. The van der Waals surface area contributed by atoms with Crippen LogP contribution in [0.1, 0.15) is 75.8 Å². The second-order valence-corrected chi connectivity index (χ2v) is 15.2. The number of rotatable bonds is 10. The van der Waals surface area contributed by atoms with Gasteiger partial charge in [0, 0.05) is 54.1 Å². The van der Waals surface area contributed by atoms with Crippen LogP contribution >= 0.6 is 0 Å². The van der Waals surface area contributed by atoms with Gasteiger partial charge in [-0.3, -0.25) is 22.7 Å². The summed E-state index contributed by atoms with van der Waals surface area (Å²) in [4.78, 5) is 39.7. The number of phenolic OH excluding ortho intramolecular Hbond substituents is 2. The lowest BCUT2D eigenvalue weighted by atomic mass is 9.73. The first kappa shape index (κ1) is 35.0. The molecule has 0 spiro atoms. The topological polar surface area (TPSA) is 229 Å². The number of benzene rings is 2. The van der Waals surface area contributed by atoms with Crippen LogP contribution in [0.5, 0.6) is 11.5 Å². The van der Waals surface area contributed by atoms with E-state index in [-0.39, 0.29) is 41.8 Å². The van der Waals surface area contributed by atoms with Gasteiger partial charge in [-0.15, -0.1) is 0 Å². The number of phenols is 2. The van der Waals surface area contributed by atoms with Gasteiger partial charge in [0.1, 0.15) is 23.2 Å². The maximum Gasteiger partial charge on any atom is 0.264 e. The van der Waals surface area contributed by atoms with Crippen molar-refractivity contribution < 1.29 is 64.4 Å². The predicted octanol–water partition coefficient (Wildman–Crippen LogP) is 0.611. The van der Waals surface area contributed by atoms with E-state index in [9.17, 15) is 46.5 Å². The van der Waals surface area contributed by atoms with Crippen molar-refractivity contribution >= 4 is 37.6 Å². The Labute approximate surface area is 271 Å². The van der Waals surface area contributed by atoms with Gasteiger partial charge < -0.3 is 30.1 Å². The highest BCUT2D eigenvalue weighted by atomic mass is 32.2. The van der Waals surface area contributed by atoms with E-state index < -0.39 is 109 Å². The number of aliphatic hydroxyl groups is 1. The molecule has 4 N–H and O–H groups in total. The maximum absolute atomic E-state index is 13.6. The van der Waals surface area contributed by atoms with E-state index in [4.69, 9.17) is 17.8 Å². The minimum atomic E-state index is -3.98. The van der Waals surface area contributed by atoms with Crippen LogP contribution in [0.15, 0.2) is 24.3 Å². The van der Waals surface area contributed by atoms with Gasteiger partial charge in [0.15, 0.2) is 23.6 Å². The van der Waals surface area contributed by atoms with Crippen molar-refractivity contribution in [3.63, 3.8) is 0 Å². The van der Waals surface area contributed by atoms with E-state index in [0.29, 0.717) is 0 Å². The van der Waals surface area contributed by atoms with Crippen molar-refractivity contribution in [1.82, 2.24) is 5.32 Å². The van der Waals surface area contributed by atoms with E-state index in [1.807, 2.05) is 0 Å². The van der Waals surface area contributed by atoms with E-state index >= 15 is 0 Å². The zero-order valence-electron chi connectivity index (χ0n) is 25.9. The average molecular weight is 700 g/mol. The van der Waals surface area contributed by atoms with Gasteiger partial charge in [0.25, 0.3) is 20.2 Å². The highest BCUT2D eigenvalue weighted by Gasteiger charge is 2.49. The first-order chi connectivity index (χ1) is 21.8. The largest absolute Gasteiger partial charge is 0.507 e. The molecule has 47 heavy (non-hydrogen) atoms. The minimum Gasteiger partial charge on any atom is -0.507 e. The van der Waals surface area contributed by atoms with E-state index in [0.717, 1.165) is 19.4 Å². The number of ketones is 3. The molecule has 1 aliphatic heterocycles. The molecule has 6 atom stereocenters. The number of aromatic hydroxyl groups is 2. The number of ether oxygens (including phenoxy) is 2. The first-order valence-electron chi connectivity index (χ1n) is 14.6. The number of carbonyl (C=O) groups is 3. The van der Waals surface area contributed by atoms with Crippen LogP contribution in [0.25, 0.3) is 0 Å². The molecule has 1 fully saturated rings. The van der Waals surface area contributed by atoms with E-state index in [1.165, 1.54) is 19.1 Å². The molecule has 3 aliphatic rings. The summed E-state index contributed by atoms with van der Waals surface area (Å²) in [6, 6.07) is 5.09. The highest BCUT2D eigenvalue weighted by molar-refractivity contribution is 7.86. The van der Waals surface area contributed by atoms with Crippen LogP contribution in [0, 0.1) is 0 Å². The smallest absolute Gasteiger partial charge is 0.264 e. The average Bonchev–Trinajstić information content (AvgIpc) is 2.96. The van der Waals surface area contributed by atoms with E-state index in [2.05, 4.69) is 5.32 Å². The first-order valence-corrected chi connectivity index (χ1v) is 18.2. The Morgan fingerprint density at radius 3 is 2.19 bits per heavy atom. The van der Waals surface area contributed by atoms with Crippen molar-refractivity contribution in [2.75, 3.05) is 25.7 Å². The molecule has 17 heteroatoms. The van der Waals surface area contributed by atoms with Crippen LogP contribution in [0.4, 0.5) is 0 Å². The SMILES string of the molecule is C[C@@H]1O[C@@H](OC2C[C@](O)(C([14CH3])=O)Cc3c(O)c4c(c(O)c32)C(=O)c2ccccc2C4=O)C[C@H](NCCOS(C)(=O)=O)[C@@H]1OS(C)(=O)=O. The van der Waals surface area contributed by atoms with Gasteiger partial charge in [-0.1, -0.05) is 24.3 Å². The quantitative estimate of drug-likeness (QED) is 0.129. The van der Waals surface area contributed by atoms with Crippen molar-refractivity contribution in [2.45, 2.75) is 69.4 Å². The van der Waals surface area contributed by atoms with Gasteiger partial charge >= 0.3 is 0 Å². The zero-order chi connectivity index (χ0) is 34.6. The summed E-state index contributed by atoms with van der Waals surface area (Å²) in [6.07, 6.45) is -3.94.